The van der Waals surface area contributed by atoms with Gasteiger partial charge in [0, 0.05) is 31.3 Å². The van der Waals surface area contributed by atoms with Gasteiger partial charge in [-0.3, -0.25) is 9.59 Å². The van der Waals surface area contributed by atoms with E-state index in [-0.39, 0.29) is 24.1 Å². The topological polar surface area (TPSA) is 81.8 Å². The second-order valence-electron chi connectivity index (χ2n) is 5.01. The summed E-state index contributed by atoms with van der Waals surface area (Å²) in [7, 11) is 0. The Bertz CT molecular complexity index is 659. The maximum absolute atomic E-state index is 11.8. The van der Waals surface area contributed by atoms with Crippen LogP contribution in [-0.4, -0.2) is 31.8 Å². The standard InChI is InChI=1S/C14H19N5O2/c1-11(2)19-10-16-17-12(19)6-7-15-13(20)9-18-8-4-3-5-14(18)21/h3-5,8,10-11H,6-7,9H2,1-2H3,(H,15,20). The molecular formula is C14H19N5O2. The van der Waals surface area contributed by atoms with Crippen molar-refractivity contribution in [2.24, 2.45) is 0 Å². The lowest BCUT2D eigenvalue weighted by molar-refractivity contribution is -0.121. The summed E-state index contributed by atoms with van der Waals surface area (Å²) in [6.45, 7) is 4.59. The van der Waals surface area contributed by atoms with Crippen molar-refractivity contribution >= 4 is 5.91 Å². The van der Waals surface area contributed by atoms with Gasteiger partial charge in [-0.2, -0.15) is 0 Å². The lowest BCUT2D eigenvalue weighted by Gasteiger charge is -2.10. The summed E-state index contributed by atoms with van der Waals surface area (Å²) in [5, 5.41) is 10.7. The zero-order valence-corrected chi connectivity index (χ0v) is 12.2. The maximum Gasteiger partial charge on any atom is 0.250 e. The van der Waals surface area contributed by atoms with E-state index in [4.69, 9.17) is 0 Å². The smallest absolute Gasteiger partial charge is 0.250 e. The molecule has 0 aliphatic carbocycles. The molecule has 0 spiro atoms. The number of carbonyl (C=O) groups is 1. The SMILES string of the molecule is CC(C)n1cnnc1CCNC(=O)Cn1ccccc1=O. The van der Waals surface area contributed by atoms with Gasteiger partial charge < -0.3 is 14.5 Å². The van der Waals surface area contributed by atoms with E-state index >= 15 is 0 Å². The second-order valence-corrected chi connectivity index (χ2v) is 5.01. The van der Waals surface area contributed by atoms with E-state index in [2.05, 4.69) is 15.5 Å². The minimum absolute atomic E-state index is 0.0243. The molecule has 0 bridgehead atoms. The van der Waals surface area contributed by atoms with E-state index in [9.17, 15) is 9.59 Å². The molecule has 0 saturated heterocycles. The molecule has 2 heterocycles. The molecule has 2 rings (SSSR count). The molecule has 21 heavy (non-hydrogen) atoms. The number of nitrogens with one attached hydrogen (secondary N) is 1. The average molecular weight is 289 g/mol. The molecule has 0 atom stereocenters. The third kappa shape index (κ3) is 4.01. The summed E-state index contributed by atoms with van der Waals surface area (Å²) in [5.74, 6) is 0.640. The lowest BCUT2D eigenvalue weighted by Crippen LogP contribution is -2.33. The van der Waals surface area contributed by atoms with Crippen molar-refractivity contribution in [3.63, 3.8) is 0 Å². The van der Waals surface area contributed by atoms with Crippen LogP contribution in [0.3, 0.4) is 0 Å². The first-order valence-corrected chi connectivity index (χ1v) is 6.88. The van der Waals surface area contributed by atoms with Crippen LogP contribution < -0.4 is 10.9 Å². The first-order valence-electron chi connectivity index (χ1n) is 6.88. The Hall–Kier alpha value is -2.44. The highest BCUT2D eigenvalue weighted by molar-refractivity contribution is 5.75. The Morgan fingerprint density at radius 1 is 1.38 bits per heavy atom. The normalized spacial score (nSPS) is 10.8. The fraction of sp³-hybridized carbons (Fsp3) is 0.429. The third-order valence-corrected chi connectivity index (χ3v) is 3.09. The molecule has 7 heteroatoms. The first kappa shape index (κ1) is 15.0. The number of hydrogen-bond acceptors (Lipinski definition) is 4. The summed E-state index contributed by atoms with van der Waals surface area (Å²) < 4.78 is 3.33. The van der Waals surface area contributed by atoms with Crippen LogP contribution in [0.2, 0.25) is 0 Å². The summed E-state index contributed by atoms with van der Waals surface area (Å²) >= 11 is 0. The van der Waals surface area contributed by atoms with E-state index in [0.29, 0.717) is 13.0 Å². The highest BCUT2D eigenvalue weighted by Crippen LogP contribution is 2.06. The van der Waals surface area contributed by atoms with Crippen LogP contribution in [0, 0.1) is 0 Å². The van der Waals surface area contributed by atoms with Gasteiger partial charge in [-0.15, -0.1) is 10.2 Å². The van der Waals surface area contributed by atoms with Crippen molar-refractivity contribution < 1.29 is 4.79 Å². The molecule has 0 aromatic carbocycles. The maximum atomic E-state index is 11.8. The lowest BCUT2D eigenvalue weighted by atomic mass is 10.3. The van der Waals surface area contributed by atoms with Gasteiger partial charge in [-0.05, 0) is 19.9 Å². The minimum Gasteiger partial charge on any atom is -0.354 e. The van der Waals surface area contributed by atoms with Crippen molar-refractivity contribution in [2.45, 2.75) is 32.9 Å². The fourth-order valence-electron chi connectivity index (χ4n) is 1.99. The van der Waals surface area contributed by atoms with Crippen LogP contribution in [0.5, 0.6) is 0 Å². The van der Waals surface area contributed by atoms with Crippen molar-refractivity contribution in [1.29, 1.82) is 0 Å². The minimum atomic E-state index is -0.195. The van der Waals surface area contributed by atoms with Gasteiger partial charge in [0.05, 0.1) is 0 Å². The largest absolute Gasteiger partial charge is 0.354 e. The quantitative estimate of drug-likeness (QED) is 0.833. The average Bonchev–Trinajstić information content (AvgIpc) is 2.90. The number of carbonyl (C=O) groups excluding carboxylic acids is 1. The Morgan fingerprint density at radius 3 is 2.90 bits per heavy atom. The Kier molecular flexibility index (Phi) is 4.86. The Balaban J connectivity index is 1.83. The number of rotatable bonds is 6. The molecule has 0 unspecified atom stereocenters. The van der Waals surface area contributed by atoms with E-state index in [0.717, 1.165) is 5.82 Å². The van der Waals surface area contributed by atoms with Crippen LogP contribution in [0.4, 0.5) is 0 Å². The highest BCUT2D eigenvalue weighted by Gasteiger charge is 2.08. The van der Waals surface area contributed by atoms with E-state index < -0.39 is 0 Å². The molecule has 7 nitrogen and oxygen atoms in total. The molecule has 1 N–H and O–H groups in total. The molecule has 0 saturated carbocycles. The Morgan fingerprint density at radius 2 is 2.19 bits per heavy atom. The monoisotopic (exact) mass is 289 g/mol. The van der Waals surface area contributed by atoms with Gasteiger partial charge >= 0.3 is 0 Å². The van der Waals surface area contributed by atoms with Crippen LogP contribution in [0.1, 0.15) is 25.7 Å². The Labute approximate surface area is 122 Å². The van der Waals surface area contributed by atoms with Gasteiger partial charge in [0.1, 0.15) is 18.7 Å². The second kappa shape index (κ2) is 6.83. The number of hydrogen-bond donors (Lipinski definition) is 1. The van der Waals surface area contributed by atoms with Gasteiger partial charge in [-0.1, -0.05) is 6.07 Å². The number of pyridine rings is 1. The molecule has 2 aromatic heterocycles. The number of amides is 1. The molecule has 0 fully saturated rings. The van der Waals surface area contributed by atoms with Crippen LogP contribution in [0.15, 0.2) is 35.5 Å². The van der Waals surface area contributed by atoms with Crippen molar-refractivity contribution in [3.05, 3.63) is 46.9 Å². The molecule has 112 valence electrons. The zero-order valence-electron chi connectivity index (χ0n) is 12.2. The van der Waals surface area contributed by atoms with Crippen LogP contribution >= 0.6 is 0 Å². The molecule has 0 radical (unpaired) electrons. The van der Waals surface area contributed by atoms with Gasteiger partial charge in [0.25, 0.3) is 5.56 Å². The molecule has 0 aliphatic rings. The van der Waals surface area contributed by atoms with E-state index in [1.807, 2.05) is 18.4 Å². The van der Waals surface area contributed by atoms with Crippen molar-refractivity contribution in [3.8, 4) is 0 Å². The molecule has 0 aliphatic heterocycles. The first-order chi connectivity index (χ1) is 10.1. The predicted molar refractivity (Wildman–Crippen MR) is 77.8 cm³/mol. The van der Waals surface area contributed by atoms with Gasteiger partial charge in [0.2, 0.25) is 5.91 Å². The van der Waals surface area contributed by atoms with Crippen LogP contribution in [-0.2, 0) is 17.8 Å². The summed E-state index contributed by atoms with van der Waals surface area (Å²) in [6, 6.07) is 5.09. The van der Waals surface area contributed by atoms with Gasteiger partial charge in [0.15, 0.2) is 0 Å². The predicted octanol–water partition coefficient (Wildman–Crippen LogP) is 0.380. The fourth-order valence-corrected chi connectivity index (χ4v) is 1.99. The summed E-state index contributed by atoms with van der Waals surface area (Å²) in [4.78, 5) is 23.3. The number of nitrogens with zero attached hydrogens (tertiary/aromatic N) is 4. The van der Waals surface area contributed by atoms with Crippen molar-refractivity contribution in [2.75, 3.05) is 6.54 Å². The van der Waals surface area contributed by atoms with E-state index in [1.165, 1.54) is 10.6 Å². The highest BCUT2D eigenvalue weighted by atomic mass is 16.2. The van der Waals surface area contributed by atoms with E-state index in [1.54, 1.807) is 24.7 Å². The summed E-state index contributed by atoms with van der Waals surface area (Å²) in [6.07, 6.45) is 3.89. The molecule has 1 amide bonds. The molecular weight excluding hydrogens is 270 g/mol. The zero-order chi connectivity index (χ0) is 15.2. The van der Waals surface area contributed by atoms with Crippen molar-refractivity contribution in [1.82, 2.24) is 24.6 Å². The third-order valence-electron chi connectivity index (χ3n) is 3.09. The van der Waals surface area contributed by atoms with Crippen LogP contribution in [0.25, 0.3) is 0 Å². The van der Waals surface area contributed by atoms with Gasteiger partial charge in [-0.25, -0.2) is 0 Å². The number of aromatic nitrogens is 4. The molecule has 2 aromatic rings. The summed E-state index contributed by atoms with van der Waals surface area (Å²) in [5.41, 5.74) is -0.188.